The molecule has 2 nitrogen and oxygen atoms in total. The van der Waals surface area contributed by atoms with E-state index in [4.69, 9.17) is 0 Å². The van der Waals surface area contributed by atoms with Crippen LogP contribution in [0.25, 0.3) is 0 Å². The Balaban J connectivity index is 2.87. The van der Waals surface area contributed by atoms with E-state index in [0.29, 0.717) is 18.3 Å². The van der Waals surface area contributed by atoms with E-state index >= 15 is 0 Å². The number of carbonyl (C=O) groups excluding carboxylic acids is 1. The molecule has 1 rings (SSSR count). The zero-order valence-electron chi connectivity index (χ0n) is 8.53. The van der Waals surface area contributed by atoms with Gasteiger partial charge in [0.1, 0.15) is 6.29 Å². The van der Waals surface area contributed by atoms with Crippen molar-refractivity contribution in [1.82, 2.24) is 4.57 Å². The molecule has 0 amide bonds. The Bertz CT molecular complexity index is 275. The fourth-order valence-electron chi connectivity index (χ4n) is 1.70. The van der Waals surface area contributed by atoms with Crippen LogP contribution in [0, 0.1) is 5.92 Å². The second-order valence-electron chi connectivity index (χ2n) is 3.80. The normalized spacial score (nSPS) is 13.2. The second-order valence-corrected chi connectivity index (χ2v) is 3.80. The molecule has 1 atom stereocenters. The Labute approximate surface area is 79.6 Å². The van der Waals surface area contributed by atoms with Crippen LogP contribution in [0.1, 0.15) is 31.9 Å². The van der Waals surface area contributed by atoms with Crippen molar-refractivity contribution in [2.75, 3.05) is 0 Å². The van der Waals surface area contributed by atoms with E-state index < -0.39 is 0 Å². The van der Waals surface area contributed by atoms with E-state index in [1.54, 1.807) is 0 Å². The lowest BCUT2D eigenvalue weighted by molar-refractivity contribution is -0.108. The van der Waals surface area contributed by atoms with E-state index in [0.717, 1.165) is 6.29 Å². The highest BCUT2D eigenvalue weighted by atomic mass is 16.1. The van der Waals surface area contributed by atoms with E-state index in [9.17, 15) is 4.79 Å². The topological polar surface area (TPSA) is 22.0 Å². The van der Waals surface area contributed by atoms with E-state index in [2.05, 4.69) is 24.5 Å². The van der Waals surface area contributed by atoms with Gasteiger partial charge in [0.2, 0.25) is 0 Å². The van der Waals surface area contributed by atoms with Gasteiger partial charge in [-0.1, -0.05) is 13.8 Å². The van der Waals surface area contributed by atoms with Gasteiger partial charge in [0.05, 0.1) is 0 Å². The standard InChI is InChI=1S/C11H17NO/c1-9(2)10(6-8-13)11-5-4-7-12(11)3/h4-5,7-10H,6H2,1-3H3/t10-/m1/s1. The summed E-state index contributed by atoms with van der Waals surface area (Å²) in [7, 11) is 2.02. The molecule has 0 saturated carbocycles. The van der Waals surface area contributed by atoms with Gasteiger partial charge in [-0.05, 0) is 18.1 Å². The summed E-state index contributed by atoms with van der Waals surface area (Å²) in [6.07, 6.45) is 3.66. The highest BCUT2D eigenvalue weighted by molar-refractivity contribution is 5.51. The van der Waals surface area contributed by atoms with Crippen LogP contribution in [0.2, 0.25) is 0 Å². The third kappa shape index (κ3) is 2.20. The van der Waals surface area contributed by atoms with Gasteiger partial charge in [0, 0.05) is 31.3 Å². The van der Waals surface area contributed by atoms with Gasteiger partial charge in [-0.15, -0.1) is 0 Å². The molecule has 72 valence electrons. The van der Waals surface area contributed by atoms with Crippen LogP contribution in [0.15, 0.2) is 18.3 Å². The van der Waals surface area contributed by atoms with Crippen molar-refractivity contribution in [3.05, 3.63) is 24.0 Å². The molecule has 0 fully saturated rings. The molecule has 0 unspecified atom stereocenters. The summed E-state index contributed by atoms with van der Waals surface area (Å²) < 4.78 is 2.09. The molecule has 0 bridgehead atoms. The highest BCUT2D eigenvalue weighted by Gasteiger charge is 2.17. The third-order valence-electron chi connectivity index (χ3n) is 2.52. The van der Waals surface area contributed by atoms with Crippen molar-refractivity contribution in [2.45, 2.75) is 26.2 Å². The Morgan fingerprint density at radius 1 is 1.54 bits per heavy atom. The lowest BCUT2D eigenvalue weighted by atomic mass is 9.90. The Morgan fingerprint density at radius 3 is 2.62 bits per heavy atom. The summed E-state index contributed by atoms with van der Waals surface area (Å²) in [6, 6.07) is 4.11. The first kappa shape index (κ1) is 10.0. The molecule has 0 aliphatic heterocycles. The summed E-state index contributed by atoms with van der Waals surface area (Å²) in [5.74, 6) is 0.872. The first-order valence-electron chi connectivity index (χ1n) is 4.71. The van der Waals surface area contributed by atoms with Crippen LogP contribution in [0.3, 0.4) is 0 Å². The summed E-state index contributed by atoms with van der Waals surface area (Å²) in [4.78, 5) is 10.5. The van der Waals surface area contributed by atoms with Crippen molar-refractivity contribution in [2.24, 2.45) is 13.0 Å². The minimum absolute atomic E-state index is 0.359. The fraction of sp³-hybridized carbons (Fsp3) is 0.545. The molecule has 13 heavy (non-hydrogen) atoms. The summed E-state index contributed by atoms with van der Waals surface area (Å²) in [6.45, 7) is 4.31. The zero-order chi connectivity index (χ0) is 9.84. The Hall–Kier alpha value is -1.05. The molecule has 1 aromatic rings. The highest BCUT2D eigenvalue weighted by Crippen LogP contribution is 2.26. The maximum atomic E-state index is 10.5. The fourth-order valence-corrected chi connectivity index (χ4v) is 1.70. The number of hydrogen-bond acceptors (Lipinski definition) is 1. The average Bonchev–Trinajstić information content (AvgIpc) is 2.47. The van der Waals surface area contributed by atoms with E-state index in [-0.39, 0.29) is 0 Å². The minimum Gasteiger partial charge on any atom is -0.354 e. The average molecular weight is 179 g/mol. The van der Waals surface area contributed by atoms with Crippen LogP contribution in [-0.4, -0.2) is 10.9 Å². The van der Waals surface area contributed by atoms with Gasteiger partial charge >= 0.3 is 0 Å². The largest absolute Gasteiger partial charge is 0.354 e. The summed E-state index contributed by atoms with van der Waals surface area (Å²) in [5, 5.41) is 0. The molecule has 0 aromatic carbocycles. The monoisotopic (exact) mass is 179 g/mol. The van der Waals surface area contributed by atoms with Gasteiger partial charge in [0.25, 0.3) is 0 Å². The lowest BCUT2D eigenvalue weighted by Crippen LogP contribution is -2.11. The van der Waals surface area contributed by atoms with Gasteiger partial charge in [-0.3, -0.25) is 0 Å². The zero-order valence-corrected chi connectivity index (χ0v) is 8.53. The third-order valence-corrected chi connectivity index (χ3v) is 2.52. The van der Waals surface area contributed by atoms with Gasteiger partial charge in [-0.25, -0.2) is 0 Å². The molecule has 0 aliphatic rings. The van der Waals surface area contributed by atoms with Gasteiger partial charge in [0.15, 0.2) is 0 Å². The molecule has 0 spiro atoms. The van der Waals surface area contributed by atoms with Gasteiger partial charge < -0.3 is 9.36 Å². The van der Waals surface area contributed by atoms with E-state index in [1.165, 1.54) is 5.69 Å². The molecule has 0 saturated heterocycles. The Morgan fingerprint density at radius 2 is 2.23 bits per heavy atom. The number of aromatic nitrogens is 1. The molecule has 0 radical (unpaired) electrons. The quantitative estimate of drug-likeness (QED) is 0.650. The van der Waals surface area contributed by atoms with Crippen LogP contribution < -0.4 is 0 Å². The molecule has 0 aliphatic carbocycles. The minimum atomic E-state index is 0.359. The number of rotatable bonds is 4. The predicted molar refractivity (Wildman–Crippen MR) is 53.7 cm³/mol. The molecular weight excluding hydrogens is 162 g/mol. The number of aldehydes is 1. The summed E-state index contributed by atoms with van der Waals surface area (Å²) in [5.41, 5.74) is 1.25. The lowest BCUT2D eigenvalue weighted by Gasteiger charge is -2.19. The number of hydrogen-bond donors (Lipinski definition) is 0. The molecule has 1 heterocycles. The molecule has 1 aromatic heterocycles. The van der Waals surface area contributed by atoms with Crippen molar-refractivity contribution in [1.29, 1.82) is 0 Å². The van der Waals surface area contributed by atoms with Crippen LogP contribution in [-0.2, 0) is 11.8 Å². The van der Waals surface area contributed by atoms with Crippen LogP contribution in [0.4, 0.5) is 0 Å². The first-order chi connectivity index (χ1) is 6.16. The van der Waals surface area contributed by atoms with Crippen molar-refractivity contribution in [3.63, 3.8) is 0 Å². The predicted octanol–water partition coefficient (Wildman–Crippen LogP) is 2.35. The Kier molecular flexibility index (Phi) is 3.29. The molecule has 2 heteroatoms. The van der Waals surface area contributed by atoms with Crippen molar-refractivity contribution in [3.8, 4) is 0 Å². The number of nitrogens with zero attached hydrogens (tertiary/aromatic N) is 1. The maximum Gasteiger partial charge on any atom is 0.120 e. The number of aryl methyl sites for hydroxylation is 1. The van der Waals surface area contributed by atoms with Gasteiger partial charge in [-0.2, -0.15) is 0 Å². The second kappa shape index (κ2) is 4.26. The van der Waals surface area contributed by atoms with Crippen LogP contribution in [0.5, 0.6) is 0 Å². The SMILES string of the molecule is CC(C)[C@@H](CC=O)c1cccn1C. The molecule has 0 N–H and O–H groups in total. The van der Waals surface area contributed by atoms with Crippen LogP contribution >= 0.6 is 0 Å². The smallest absolute Gasteiger partial charge is 0.120 e. The van der Waals surface area contributed by atoms with Crippen molar-refractivity contribution >= 4 is 6.29 Å². The molecular formula is C11H17NO. The van der Waals surface area contributed by atoms with Crippen molar-refractivity contribution < 1.29 is 4.79 Å². The van der Waals surface area contributed by atoms with E-state index in [1.807, 2.05) is 19.3 Å². The number of carbonyl (C=O) groups is 1. The summed E-state index contributed by atoms with van der Waals surface area (Å²) >= 11 is 0. The maximum absolute atomic E-state index is 10.5. The first-order valence-corrected chi connectivity index (χ1v) is 4.71.